The zero-order valence-electron chi connectivity index (χ0n) is 14.8. The summed E-state index contributed by atoms with van der Waals surface area (Å²) in [4.78, 5) is 17.6. The van der Waals surface area contributed by atoms with Crippen LogP contribution < -0.4 is 5.73 Å². The maximum Gasteiger partial charge on any atom is 0.204 e. The molecule has 6 heteroatoms. The minimum atomic E-state index is -0.266. The molecule has 4 rings (SSSR count). The molecular formula is C21H19FN4O. The van der Waals surface area contributed by atoms with Crippen LogP contribution in [-0.4, -0.2) is 20.8 Å². The van der Waals surface area contributed by atoms with E-state index in [4.69, 9.17) is 4.79 Å². The summed E-state index contributed by atoms with van der Waals surface area (Å²) in [6.45, 7) is 2.07. The number of carbonyl (C=O) groups excluding carboxylic acids is 1. The standard InChI is InChI=1S/C20H16FN3.CH3NO/c1-14-4-2-5-15(9-8-14)20-23-12-18-11-22-19(13-24(18)20)16-6-3-7-17(21)10-16;2-1-3/h2-4,6-13H,5H2,1H3;1H,(H2,2,3). The van der Waals surface area contributed by atoms with Crippen molar-refractivity contribution in [1.82, 2.24) is 14.4 Å². The summed E-state index contributed by atoms with van der Waals surface area (Å²) in [6, 6.07) is 6.47. The first-order valence-electron chi connectivity index (χ1n) is 8.41. The van der Waals surface area contributed by atoms with Gasteiger partial charge in [0.15, 0.2) is 0 Å². The Bertz CT molecular complexity index is 1060. The first kappa shape index (κ1) is 18.3. The minimum Gasteiger partial charge on any atom is -0.372 e. The molecule has 0 atom stereocenters. The number of nitrogens with zero attached hydrogens (tertiary/aromatic N) is 3. The second kappa shape index (κ2) is 8.23. The Hall–Kier alpha value is -3.54. The van der Waals surface area contributed by atoms with E-state index in [2.05, 4.69) is 46.9 Å². The van der Waals surface area contributed by atoms with Crippen molar-refractivity contribution in [3.05, 3.63) is 84.4 Å². The lowest BCUT2D eigenvalue weighted by atomic mass is 10.1. The summed E-state index contributed by atoms with van der Waals surface area (Å²) >= 11 is 0. The number of imidazole rings is 1. The lowest BCUT2D eigenvalue weighted by molar-refractivity contribution is -0.106. The normalized spacial score (nSPS) is 13.3. The van der Waals surface area contributed by atoms with E-state index < -0.39 is 0 Å². The number of aromatic nitrogens is 3. The second-order valence-electron chi connectivity index (χ2n) is 6.00. The van der Waals surface area contributed by atoms with Crippen LogP contribution >= 0.6 is 0 Å². The van der Waals surface area contributed by atoms with Crippen molar-refractivity contribution in [3.8, 4) is 11.3 Å². The van der Waals surface area contributed by atoms with E-state index in [-0.39, 0.29) is 12.2 Å². The Balaban J connectivity index is 0.000000659. The van der Waals surface area contributed by atoms with E-state index in [9.17, 15) is 4.39 Å². The molecule has 0 fully saturated rings. The molecule has 2 aromatic heterocycles. The molecule has 0 bridgehead atoms. The second-order valence-corrected chi connectivity index (χ2v) is 6.00. The summed E-state index contributed by atoms with van der Waals surface area (Å²) in [5.74, 6) is 0.623. The number of amides is 1. The van der Waals surface area contributed by atoms with Crippen molar-refractivity contribution in [2.75, 3.05) is 0 Å². The van der Waals surface area contributed by atoms with Crippen molar-refractivity contribution in [1.29, 1.82) is 0 Å². The van der Waals surface area contributed by atoms with Gasteiger partial charge in [0.05, 0.1) is 23.6 Å². The number of carbonyl (C=O) groups is 1. The van der Waals surface area contributed by atoms with Crippen LogP contribution in [0.2, 0.25) is 0 Å². The fraction of sp³-hybridized carbons (Fsp3) is 0.0952. The average molecular weight is 362 g/mol. The summed E-state index contributed by atoms with van der Waals surface area (Å²) in [7, 11) is 0. The zero-order valence-corrected chi connectivity index (χ0v) is 14.8. The van der Waals surface area contributed by atoms with Gasteiger partial charge in [-0.05, 0) is 31.1 Å². The highest BCUT2D eigenvalue weighted by Gasteiger charge is 2.11. The molecule has 5 nitrogen and oxygen atoms in total. The molecule has 0 radical (unpaired) electrons. The van der Waals surface area contributed by atoms with Crippen molar-refractivity contribution >= 4 is 17.5 Å². The Morgan fingerprint density at radius 3 is 2.78 bits per heavy atom. The Morgan fingerprint density at radius 1 is 1.22 bits per heavy atom. The third-order valence-corrected chi connectivity index (χ3v) is 4.09. The molecule has 0 spiro atoms. The van der Waals surface area contributed by atoms with Crippen molar-refractivity contribution in [3.63, 3.8) is 0 Å². The van der Waals surface area contributed by atoms with E-state index in [0.717, 1.165) is 34.6 Å². The van der Waals surface area contributed by atoms with Crippen LogP contribution in [0, 0.1) is 5.82 Å². The molecule has 0 saturated carbocycles. The van der Waals surface area contributed by atoms with Crippen LogP contribution in [-0.2, 0) is 4.79 Å². The monoisotopic (exact) mass is 362 g/mol. The SMILES string of the molecule is CC1=CC=C(c2ncc3cnc(-c4cccc(F)c4)cn23)CC=C1.NC=O. The van der Waals surface area contributed by atoms with Gasteiger partial charge >= 0.3 is 0 Å². The molecule has 0 saturated heterocycles. The largest absolute Gasteiger partial charge is 0.372 e. The smallest absolute Gasteiger partial charge is 0.204 e. The molecule has 136 valence electrons. The first-order valence-corrected chi connectivity index (χ1v) is 8.41. The van der Waals surface area contributed by atoms with E-state index >= 15 is 0 Å². The summed E-state index contributed by atoms with van der Waals surface area (Å²) in [6.07, 6.45) is 15.0. The van der Waals surface area contributed by atoms with Gasteiger partial charge in [-0.15, -0.1) is 0 Å². The summed E-state index contributed by atoms with van der Waals surface area (Å²) in [5, 5.41) is 0. The summed E-state index contributed by atoms with van der Waals surface area (Å²) < 4.78 is 15.5. The molecule has 1 aromatic carbocycles. The lowest BCUT2D eigenvalue weighted by Gasteiger charge is -2.06. The number of benzene rings is 1. The van der Waals surface area contributed by atoms with Gasteiger partial charge < -0.3 is 5.73 Å². The highest BCUT2D eigenvalue weighted by Crippen LogP contribution is 2.24. The van der Waals surface area contributed by atoms with Crippen LogP contribution in [0.5, 0.6) is 0 Å². The summed E-state index contributed by atoms with van der Waals surface area (Å²) in [5.41, 5.74) is 8.91. The number of rotatable bonds is 2. The number of hydrogen-bond acceptors (Lipinski definition) is 3. The first-order chi connectivity index (χ1) is 13.1. The third kappa shape index (κ3) is 4.17. The highest BCUT2D eigenvalue weighted by atomic mass is 19.1. The molecule has 1 amide bonds. The quantitative estimate of drug-likeness (QED) is 0.702. The molecular weight excluding hydrogens is 343 g/mol. The maximum absolute atomic E-state index is 13.5. The van der Waals surface area contributed by atoms with Gasteiger partial charge in [-0.3, -0.25) is 14.2 Å². The van der Waals surface area contributed by atoms with Crippen LogP contribution in [0.4, 0.5) is 4.39 Å². The average Bonchev–Trinajstić information content (AvgIpc) is 2.96. The van der Waals surface area contributed by atoms with Crippen LogP contribution in [0.1, 0.15) is 19.2 Å². The lowest BCUT2D eigenvalue weighted by Crippen LogP contribution is -1.96. The number of nitrogens with two attached hydrogens (primary N) is 1. The number of hydrogen-bond donors (Lipinski definition) is 1. The highest BCUT2D eigenvalue weighted by molar-refractivity contribution is 5.69. The fourth-order valence-electron chi connectivity index (χ4n) is 2.82. The molecule has 1 aliphatic carbocycles. The van der Waals surface area contributed by atoms with Gasteiger partial charge in [0.25, 0.3) is 0 Å². The predicted molar refractivity (Wildman–Crippen MR) is 104 cm³/mol. The number of fused-ring (bicyclic) bond motifs is 1. The number of halogens is 1. The van der Waals surface area contributed by atoms with E-state index in [1.807, 2.05) is 22.9 Å². The van der Waals surface area contributed by atoms with Crippen LogP contribution in [0.15, 0.2) is 72.7 Å². The Labute approximate surface area is 156 Å². The minimum absolute atomic E-state index is 0.250. The molecule has 2 heterocycles. The van der Waals surface area contributed by atoms with Gasteiger partial charge in [-0.1, -0.05) is 42.0 Å². The maximum atomic E-state index is 13.5. The van der Waals surface area contributed by atoms with Gasteiger partial charge in [-0.25, -0.2) is 9.37 Å². The topological polar surface area (TPSA) is 73.3 Å². The van der Waals surface area contributed by atoms with E-state index in [1.165, 1.54) is 17.7 Å². The van der Waals surface area contributed by atoms with Crippen LogP contribution in [0.25, 0.3) is 22.3 Å². The molecule has 0 unspecified atom stereocenters. The van der Waals surface area contributed by atoms with Gasteiger partial charge in [-0.2, -0.15) is 0 Å². The van der Waals surface area contributed by atoms with Crippen molar-refractivity contribution < 1.29 is 9.18 Å². The molecule has 0 aliphatic heterocycles. The predicted octanol–water partition coefficient (Wildman–Crippen LogP) is 3.93. The number of primary amides is 1. The van der Waals surface area contributed by atoms with E-state index in [0.29, 0.717) is 0 Å². The molecule has 27 heavy (non-hydrogen) atoms. The van der Waals surface area contributed by atoms with Crippen LogP contribution in [0.3, 0.4) is 0 Å². The van der Waals surface area contributed by atoms with Gasteiger partial charge in [0.2, 0.25) is 6.41 Å². The molecule has 1 aliphatic rings. The van der Waals surface area contributed by atoms with Crippen molar-refractivity contribution in [2.24, 2.45) is 5.73 Å². The fourth-order valence-corrected chi connectivity index (χ4v) is 2.82. The molecule has 2 N–H and O–H groups in total. The Morgan fingerprint density at radius 2 is 2.00 bits per heavy atom. The van der Waals surface area contributed by atoms with Gasteiger partial charge in [0.1, 0.15) is 11.6 Å². The van der Waals surface area contributed by atoms with Crippen molar-refractivity contribution in [2.45, 2.75) is 13.3 Å². The number of allylic oxidation sites excluding steroid dienone is 6. The molecule has 3 aromatic rings. The third-order valence-electron chi connectivity index (χ3n) is 4.09. The zero-order chi connectivity index (χ0) is 19.2. The Kier molecular flexibility index (Phi) is 5.56. The van der Waals surface area contributed by atoms with E-state index in [1.54, 1.807) is 12.3 Å². The van der Waals surface area contributed by atoms with Gasteiger partial charge in [0, 0.05) is 11.8 Å².